The van der Waals surface area contributed by atoms with E-state index in [0.29, 0.717) is 32.5 Å². The van der Waals surface area contributed by atoms with Crippen molar-refractivity contribution >= 4 is 17.9 Å². The SMILES string of the molecule is CC1(C(=O)O)CCN(C(=O)NCc2ccc(CN3CCCC3=O)cc2)C1. The third-order valence-electron chi connectivity index (χ3n) is 5.29. The van der Waals surface area contributed by atoms with E-state index in [0.717, 1.165) is 24.1 Å². The monoisotopic (exact) mass is 359 g/mol. The fourth-order valence-corrected chi connectivity index (χ4v) is 3.45. The van der Waals surface area contributed by atoms with Gasteiger partial charge in [0.15, 0.2) is 0 Å². The van der Waals surface area contributed by atoms with Crippen LogP contribution in [0, 0.1) is 5.41 Å². The van der Waals surface area contributed by atoms with E-state index in [-0.39, 0.29) is 18.5 Å². The summed E-state index contributed by atoms with van der Waals surface area (Å²) in [6.45, 7) is 4.21. The first-order valence-electron chi connectivity index (χ1n) is 8.99. The van der Waals surface area contributed by atoms with Gasteiger partial charge in [0.2, 0.25) is 5.91 Å². The van der Waals surface area contributed by atoms with Crippen LogP contribution in [-0.2, 0) is 22.7 Å². The van der Waals surface area contributed by atoms with E-state index in [4.69, 9.17) is 0 Å². The average Bonchev–Trinajstić information content (AvgIpc) is 3.21. The van der Waals surface area contributed by atoms with Crippen molar-refractivity contribution < 1.29 is 19.5 Å². The highest BCUT2D eigenvalue weighted by Crippen LogP contribution is 2.30. The third-order valence-corrected chi connectivity index (χ3v) is 5.29. The molecule has 2 aliphatic heterocycles. The van der Waals surface area contributed by atoms with Crippen molar-refractivity contribution in [2.24, 2.45) is 5.41 Å². The molecule has 0 bridgehead atoms. The van der Waals surface area contributed by atoms with Gasteiger partial charge in [-0.2, -0.15) is 0 Å². The number of rotatable bonds is 5. The maximum absolute atomic E-state index is 12.2. The van der Waals surface area contributed by atoms with Crippen molar-refractivity contribution in [1.29, 1.82) is 0 Å². The lowest BCUT2D eigenvalue weighted by molar-refractivity contribution is -0.147. The van der Waals surface area contributed by atoms with Crippen LogP contribution in [0.1, 0.15) is 37.3 Å². The summed E-state index contributed by atoms with van der Waals surface area (Å²) in [6.07, 6.45) is 2.04. The molecule has 3 amide bonds. The van der Waals surface area contributed by atoms with Crippen molar-refractivity contribution in [3.8, 4) is 0 Å². The van der Waals surface area contributed by atoms with Crippen molar-refractivity contribution in [3.05, 3.63) is 35.4 Å². The Balaban J connectivity index is 1.48. The van der Waals surface area contributed by atoms with Crippen LogP contribution >= 0.6 is 0 Å². The largest absolute Gasteiger partial charge is 0.481 e. The standard InChI is InChI=1S/C19H25N3O4/c1-19(17(24)25)8-10-22(13-19)18(26)20-11-14-4-6-15(7-5-14)12-21-9-2-3-16(21)23/h4-7H,2-3,8-13H2,1H3,(H,20,26)(H,24,25). The number of benzene rings is 1. The molecule has 140 valence electrons. The summed E-state index contributed by atoms with van der Waals surface area (Å²) < 4.78 is 0. The Morgan fingerprint density at radius 1 is 1.19 bits per heavy atom. The van der Waals surface area contributed by atoms with Gasteiger partial charge in [0.25, 0.3) is 0 Å². The van der Waals surface area contributed by atoms with Gasteiger partial charge in [0.05, 0.1) is 5.41 Å². The topological polar surface area (TPSA) is 89.9 Å². The first kappa shape index (κ1) is 18.2. The van der Waals surface area contributed by atoms with E-state index in [1.807, 2.05) is 29.2 Å². The van der Waals surface area contributed by atoms with Gasteiger partial charge in [0.1, 0.15) is 0 Å². The molecule has 0 radical (unpaired) electrons. The molecule has 0 aromatic heterocycles. The lowest BCUT2D eigenvalue weighted by Crippen LogP contribution is -2.40. The van der Waals surface area contributed by atoms with Gasteiger partial charge in [-0.1, -0.05) is 24.3 Å². The molecule has 1 aromatic rings. The minimum Gasteiger partial charge on any atom is -0.481 e. The first-order chi connectivity index (χ1) is 12.4. The summed E-state index contributed by atoms with van der Waals surface area (Å²) in [4.78, 5) is 38.6. The zero-order valence-electron chi connectivity index (χ0n) is 15.0. The van der Waals surface area contributed by atoms with E-state index in [9.17, 15) is 19.5 Å². The molecule has 2 saturated heterocycles. The number of likely N-dealkylation sites (tertiary alicyclic amines) is 2. The Labute approximate surface area is 153 Å². The second-order valence-electron chi connectivity index (χ2n) is 7.43. The first-order valence-corrected chi connectivity index (χ1v) is 8.99. The predicted octanol–water partition coefficient (Wildman–Crippen LogP) is 1.82. The molecule has 7 nitrogen and oxygen atoms in total. The fraction of sp³-hybridized carbons (Fsp3) is 0.526. The Hall–Kier alpha value is -2.57. The molecule has 0 saturated carbocycles. The van der Waals surface area contributed by atoms with Gasteiger partial charge >= 0.3 is 12.0 Å². The summed E-state index contributed by atoms with van der Waals surface area (Å²) in [5, 5.41) is 12.1. The minimum absolute atomic E-state index is 0.209. The molecule has 2 N–H and O–H groups in total. The molecule has 0 spiro atoms. The summed E-state index contributed by atoms with van der Waals surface area (Å²) in [7, 11) is 0. The number of hydrogen-bond donors (Lipinski definition) is 2. The third kappa shape index (κ3) is 3.98. The molecule has 26 heavy (non-hydrogen) atoms. The average molecular weight is 359 g/mol. The summed E-state index contributed by atoms with van der Waals surface area (Å²) in [6, 6.07) is 7.61. The van der Waals surface area contributed by atoms with Crippen LogP contribution in [0.15, 0.2) is 24.3 Å². The van der Waals surface area contributed by atoms with Gasteiger partial charge in [-0.3, -0.25) is 9.59 Å². The summed E-state index contributed by atoms with van der Waals surface area (Å²) in [5.74, 6) is -0.653. The number of carboxylic acid groups (broad SMARTS) is 1. The summed E-state index contributed by atoms with van der Waals surface area (Å²) in [5.41, 5.74) is 1.19. The Kier molecular flexibility index (Phi) is 5.15. The lowest BCUT2D eigenvalue weighted by Gasteiger charge is -2.20. The number of nitrogens with one attached hydrogen (secondary N) is 1. The molecule has 1 aromatic carbocycles. The smallest absolute Gasteiger partial charge is 0.317 e. The van der Waals surface area contributed by atoms with Gasteiger partial charge < -0.3 is 20.2 Å². The Morgan fingerprint density at radius 3 is 2.46 bits per heavy atom. The van der Waals surface area contributed by atoms with E-state index in [1.54, 1.807) is 11.8 Å². The number of aliphatic carboxylic acids is 1. The van der Waals surface area contributed by atoms with Crippen LogP contribution < -0.4 is 5.32 Å². The highest BCUT2D eigenvalue weighted by molar-refractivity contribution is 5.79. The fourth-order valence-electron chi connectivity index (χ4n) is 3.45. The molecule has 0 aliphatic carbocycles. The maximum Gasteiger partial charge on any atom is 0.317 e. The number of carbonyl (C=O) groups excluding carboxylic acids is 2. The van der Waals surface area contributed by atoms with Gasteiger partial charge in [0, 0.05) is 39.1 Å². The van der Waals surface area contributed by atoms with E-state index >= 15 is 0 Å². The maximum atomic E-state index is 12.2. The normalized spacial score (nSPS) is 22.7. The number of carboxylic acids is 1. The number of hydrogen-bond acceptors (Lipinski definition) is 3. The molecule has 7 heteroatoms. The van der Waals surface area contributed by atoms with Crippen LogP contribution in [0.5, 0.6) is 0 Å². The van der Waals surface area contributed by atoms with Gasteiger partial charge in [-0.25, -0.2) is 4.79 Å². The molecule has 1 atom stereocenters. The van der Waals surface area contributed by atoms with Crippen LogP contribution in [-0.4, -0.2) is 52.4 Å². The van der Waals surface area contributed by atoms with Crippen molar-refractivity contribution in [1.82, 2.24) is 15.1 Å². The zero-order chi connectivity index (χ0) is 18.7. The number of amides is 3. The molecule has 2 aliphatic rings. The number of carbonyl (C=O) groups is 3. The highest BCUT2D eigenvalue weighted by atomic mass is 16.4. The molecular weight excluding hydrogens is 334 g/mol. The lowest BCUT2D eigenvalue weighted by atomic mass is 9.90. The van der Waals surface area contributed by atoms with Crippen molar-refractivity contribution in [2.75, 3.05) is 19.6 Å². The van der Waals surface area contributed by atoms with Crippen LogP contribution in [0.2, 0.25) is 0 Å². The van der Waals surface area contributed by atoms with Gasteiger partial charge in [-0.15, -0.1) is 0 Å². The summed E-state index contributed by atoms with van der Waals surface area (Å²) >= 11 is 0. The van der Waals surface area contributed by atoms with Crippen LogP contribution in [0.4, 0.5) is 4.79 Å². The second kappa shape index (κ2) is 7.35. The minimum atomic E-state index is -0.861. The van der Waals surface area contributed by atoms with Crippen LogP contribution in [0.3, 0.4) is 0 Å². The van der Waals surface area contributed by atoms with Crippen molar-refractivity contribution in [2.45, 2.75) is 39.3 Å². The van der Waals surface area contributed by atoms with E-state index < -0.39 is 11.4 Å². The van der Waals surface area contributed by atoms with E-state index in [1.165, 1.54) is 0 Å². The van der Waals surface area contributed by atoms with Gasteiger partial charge in [-0.05, 0) is 30.9 Å². The Bertz CT molecular complexity index is 703. The molecule has 1 unspecified atom stereocenters. The van der Waals surface area contributed by atoms with E-state index in [2.05, 4.69) is 5.32 Å². The Morgan fingerprint density at radius 2 is 1.88 bits per heavy atom. The zero-order valence-corrected chi connectivity index (χ0v) is 15.0. The molecule has 2 heterocycles. The second-order valence-corrected chi connectivity index (χ2v) is 7.43. The highest BCUT2D eigenvalue weighted by Gasteiger charge is 2.42. The number of nitrogens with zero attached hydrogens (tertiary/aromatic N) is 2. The molecule has 2 fully saturated rings. The molecular formula is C19H25N3O4. The van der Waals surface area contributed by atoms with Crippen molar-refractivity contribution in [3.63, 3.8) is 0 Å². The predicted molar refractivity (Wildman–Crippen MR) is 95.3 cm³/mol. The number of urea groups is 1. The molecule has 3 rings (SSSR count). The quantitative estimate of drug-likeness (QED) is 0.839. The van der Waals surface area contributed by atoms with Crippen LogP contribution in [0.25, 0.3) is 0 Å².